The zero-order valence-corrected chi connectivity index (χ0v) is 36.5. The van der Waals surface area contributed by atoms with Crippen molar-refractivity contribution in [1.82, 2.24) is 9.97 Å². The van der Waals surface area contributed by atoms with Gasteiger partial charge in [-0.1, -0.05) is 172 Å². The molecule has 0 fully saturated rings. The van der Waals surface area contributed by atoms with Gasteiger partial charge in [-0.15, -0.1) is 0 Å². The quantitative estimate of drug-likeness (QED) is 0.150. The number of phenols is 1. The third-order valence-electron chi connectivity index (χ3n) is 8.91. The van der Waals surface area contributed by atoms with E-state index in [1.807, 2.05) is 25.3 Å². The maximum Gasteiger partial charge on any atom is 0.118 e. The van der Waals surface area contributed by atoms with Gasteiger partial charge >= 0.3 is 0 Å². The first kappa shape index (κ1) is 46.8. The Balaban J connectivity index is 0.000000239. The first-order valence-electron chi connectivity index (χ1n) is 20.7. The van der Waals surface area contributed by atoms with E-state index in [1.54, 1.807) is 11.9 Å². The second kappa shape index (κ2) is 25.7. The van der Waals surface area contributed by atoms with Crippen LogP contribution in [0.3, 0.4) is 0 Å². The number of nitrogens with one attached hydrogen (secondary N) is 1. The predicted molar refractivity (Wildman–Crippen MR) is 241 cm³/mol. The fourth-order valence-electron chi connectivity index (χ4n) is 6.36. The average molecular weight is 743 g/mol. The molecule has 55 heavy (non-hydrogen) atoms. The van der Waals surface area contributed by atoms with Gasteiger partial charge < -0.3 is 10.1 Å². The van der Waals surface area contributed by atoms with Crippen molar-refractivity contribution in [2.45, 2.75) is 122 Å². The number of hydrogen-bond acceptors (Lipinski definition) is 2. The molecule has 2 N–H and O–H groups in total. The standard InChI is InChI=1S/C13H16.C11H16O.C11H16.C10H14.C7H12N2/c1-10(2)9-12-8-7-11-5-3-4-6-13(11)12;1-8(2)6-10-5-4-9(3)11(12)7-10;1-9(2)8-11-6-4-10(3)5-7-11;1-9(2)8-10-6-4-3-5-7-10;1-6(2)3-7-4-8-5-9-7/h3-6,8,10H,7,9H2,1-2H3;4-5,7-8,12H,6H2,1-3H3;4-7,9H,8H2,1-3H3;3-7,9H,8H2,1-2H3;4-6H,3H2,1-2H3,(H,8,9). The topological polar surface area (TPSA) is 48.9 Å². The van der Waals surface area contributed by atoms with Crippen LogP contribution in [0.15, 0.2) is 116 Å². The monoisotopic (exact) mass is 743 g/mol. The molecule has 3 nitrogen and oxygen atoms in total. The summed E-state index contributed by atoms with van der Waals surface area (Å²) in [7, 11) is 0. The van der Waals surface area contributed by atoms with Crippen LogP contribution in [0, 0.1) is 43.4 Å². The number of aryl methyl sites for hydroxylation is 2. The molecule has 0 bridgehead atoms. The number of aromatic amines is 1. The summed E-state index contributed by atoms with van der Waals surface area (Å²) in [4.78, 5) is 6.98. The molecule has 1 aliphatic carbocycles. The lowest BCUT2D eigenvalue weighted by Crippen LogP contribution is -1.93. The summed E-state index contributed by atoms with van der Waals surface area (Å²) in [6.45, 7) is 26.3. The van der Waals surface area contributed by atoms with Crippen molar-refractivity contribution in [3.63, 3.8) is 0 Å². The van der Waals surface area contributed by atoms with Gasteiger partial charge in [-0.2, -0.15) is 0 Å². The lowest BCUT2D eigenvalue weighted by atomic mass is 9.98. The van der Waals surface area contributed by atoms with Gasteiger partial charge in [0, 0.05) is 11.9 Å². The van der Waals surface area contributed by atoms with Crippen molar-refractivity contribution in [2.24, 2.45) is 29.6 Å². The number of nitrogens with zero attached hydrogens (tertiary/aromatic N) is 1. The highest BCUT2D eigenvalue weighted by atomic mass is 16.3. The molecule has 0 saturated carbocycles. The number of aromatic nitrogens is 2. The molecule has 0 aliphatic heterocycles. The van der Waals surface area contributed by atoms with Crippen LogP contribution in [0.5, 0.6) is 5.75 Å². The van der Waals surface area contributed by atoms with Crippen LogP contribution in [0.1, 0.15) is 120 Å². The van der Waals surface area contributed by atoms with Crippen molar-refractivity contribution >= 4 is 5.57 Å². The highest BCUT2D eigenvalue weighted by molar-refractivity contribution is 5.73. The Kier molecular flexibility index (Phi) is 21.8. The second-order valence-electron chi connectivity index (χ2n) is 17.2. The van der Waals surface area contributed by atoms with E-state index in [-0.39, 0.29) is 0 Å². The van der Waals surface area contributed by atoms with Gasteiger partial charge in [0.05, 0.1) is 6.33 Å². The van der Waals surface area contributed by atoms with Crippen molar-refractivity contribution < 1.29 is 5.11 Å². The largest absolute Gasteiger partial charge is 0.508 e. The van der Waals surface area contributed by atoms with Crippen LogP contribution in [0.25, 0.3) is 5.57 Å². The second-order valence-corrected chi connectivity index (χ2v) is 17.2. The number of hydrogen-bond donors (Lipinski definition) is 2. The SMILES string of the molecule is CC(C)CC1=CCc2ccccc21.CC(C)Cc1ccccc1.CC(C)Cc1cnc[nH]1.Cc1ccc(CC(C)C)cc1.Cc1ccc(CC(C)C)cc1O. The summed E-state index contributed by atoms with van der Waals surface area (Å²) >= 11 is 0. The minimum Gasteiger partial charge on any atom is -0.508 e. The van der Waals surface area contributed by atoms with Crippen molar-refractivity contribution in [1.29, 1.82) is 0 Å². The Morgan fingerprint density at radius 2 is 1.07 bits per heavy atom. The first-order chi connectivity index (χ1) is 26.1. The number of rotatable bonds is 10. The molecule has 5 aromatic rings. The average Bonchev–Trinajstić information content (AvgIpc) is 3.78. The third-order valence-corrected chi connectivity index (χ3v) is 8.91. The minimum absolute atomic E-state index is 0.410. The molecule has 6 rings (SSSR count). The van der Waals surface area contributed by atoms with Crippen molar-refractivity contribution in [3.05, 3.63) is 160 Å². The Bertz CT molecular complexity index is 1740. The zero-order valence-electron chi connectivity index (χ0n) is 36.5. The van der Waals surface area contributed by atoms with Crippen LogP contribution in [0.4, 0.5) is 0 Å². The van der Waals surface area contributed by atoms with Crippen LogP contribution in [-0.2, 0) is 32.1 Å². The van der Waals surface area contributed by atoms with Gasteiger partial charge in [0.25, 0.3) is 0 Å². The van der Waals surface area contributed by atoms with E-state index in [2.05, 4.69) is 177 Å². The first-order valence-corrected chi connectivity index (χ1v) is 20.7. The van der Waals surface area contributed by atoms with E-state index in [9.17, 15) is 5.11 Å². The van der Waals surface area contributed by atoms with Gasteiger partial charge in [0.1, 0.15) is 5.75 Å². The number of H-pyrrole nitrogens is 1. The molecule has 3 heteroatoms. The smallest absolute Gasteiger partial charge is 0.118 e. The van der Waals surface area contributed by atoms with Crippen molar-refractivity contribution in [3.8, 4) is 5.75 Å². The molecular formula is C52H74N2O. The normalized spacial score (nSPS) is 11.5. The molecule has 0 spiro atoms. The summed E-state index contributed by atoms with van der Waals surface area (Å²) in [5, 5.41) is 9.41. The number of benzene rings is 4. The molecule has 298 valence electrons. The summed E-state index contributed by atoms with van der Waals surface area (Å²) in [6, 6.07) is 34.1. The summed E-state index contributed by atoms with van der Waals surface area (Å²) in [5.41, 5.74) is 12.2. The minimum atomic E-state index is 0.410. The number of imidazole rings is 1. The Morgan fingerprint density at radius 1 is 0.564 bits per heavy atom. The van der Waals surface area contributed by atoms with Crippen LogP contribution >= 0.6 is 0 Å². The van der Waals surface area contributed by atoms with E-state index < -0.39 is 0 Å². The van der Waals surface area contributed by atoms with E-state index in [0.717, 1.165) is 42.6 Å². The van der Waals surface area contributed by atoms with Crippen molar-refractivity contribution in [2.75, 3.05) is 0 Å². The molecule has 0 unspecified atom stereocenters. The molecule has 0 amide bonds. The molecular weight excluding hydrogens is 669 g/mol. The third kappa shape index (κ3) is 20.8. The molecule has 0 atom stereocenters. The lowest BCUT2D eigenvalue weighted by molar-refractivity contribution is 0.469. The predicted octanol–water partition coefficient (Wildman–Crippen LogP) is 14.3. The highest BCUT2D eigenvalue weighted by Crippen LogP contribution is 2.31. The summed E-state index contributed by atoms with van der Waals surface area (Å²) < 4.78 is 0. The Hall–Kier alpha value is -4.37. The fourth-order valence-corrected chi connectivity index (χ4v) is 6.36. The number of aromatic hydroxyl groups is 1. The van der Waals surface area contributed by atoms with E-state index in [0.29, 0.717) is 17.6 Å². The van der Waals surface area contributed by atoms with Crippen LogP contribution in [0.2, 0.25) is 0 Å². The molecule has 0 radical (unpaired) electrons. The maximum absolute atomic E-state index is 9.41. The molecule has 4 aromatic carbocycles. The molecule has 1 aliphatic rings. The number of allylic oxidation sites excluding steroid dienone is 2. The summed E-state index contributed by atoms with van der Waals surface area (Å²) in [5.74, 6) is 4.06. The Morgan fingerprint density at radius 3 is 1.60 bits per heavy atom. The Labute approximate surface area is 336 Å². The van der Waals surface area contributed by atoms with Crippen LogP contribution < -0.4 is 0 Å². The maximum atomic E-state index is 9.41. The number of phenolic OH excluding ortho intramolecular Hbond substituents is 1. The van der Waals surface area contributed by atoms with Gasteiger partial charge in [0.2, 0.25) is 0 Å². The fraction of sp³-hybridized carbons (Fsp3) is 0.442. The van der Waals surface area contributed by atoms with Crippen LogP contribution in [-0.4, -0.2) is 15.1 Å². The van der Waals surface area contributed by atoms with Gasteiger partial charge in [0.15, 0.2) is 0 Å². The number of fused-ring (bicyclic) bond motifs is 1. The van der Waals surface area contributed by atoms with E-state index in [1.165, 1.54) is 58.3 Å². The molecule has 0 saturated heterocycles. The molecule has 1 heterocycles. The highest BCUT2D eigenvalue weighted by Gasteiger charge is 2.13. The molecule has 1 aromatic heterocycles. The zero-order chi connectivity index (χ0) is 40.8. The van der Waals surface area contributed by atoms with Gasteiger partial charge in [-0.25, -0.2) is 4.98 Å². The van der Waals surface area contributed by atoms with E-state index in [4.69, 9.17) is 0 Å². The summed E-state index contributed by atoms with van der Waals surface area (Å²) in [6.07, 6.45) is 12.9. The van der Waals surface area contributed by atoms with Gasteiger partial charge in [-0.3, -0.25) is 0 Å². The lowest BCUT2D eigenvalue weighted by Gasteiger charge is -2.07. The van der Waals surface area contributed by atoms with E-state index >= 15 is 0 Å². The van der Waals surface area contributed by atoms with Gasteiger partial charge in [-0.05, 0) is 127 Å².